The number of fused-ring (bicyclic) bond motifs is 6. The minimum atomic E-state index is -1.01. The van der Waals surface area contributed by atoms with Crippen LogP contribution in [0.1, 0.15) is 89.6 Å². The van der Waals surface area contributed by atoms with Crippen LogP contribution in [0.25, 0.3) is 33.4 Å². The van der Waals surface area contributed by atoms with Gasteiger partial charge in [0.25, 0.3) is 5.91 Å². The van der Waals surface area contributed by atoms with Crippen LogP contribution in [0.4, 0.5) is 0 Å². The Kier molecular flexibility index (Phi) is 12.4. The monoisotopic (exact) mass is 866 g/mol. The lowest BCUT2D eigenvalue weighted by atomic mass is 9.84. The van der Waals surface area contributed by atoms with Crippen LogP contribution in [0, 0.1) is 16.7 Å². The third-order valence-electron chi connectivity index (χ3n) is 13.5. The first kappa shape index (κ1) is 43.9. The predicted octanol–water partition coefficient (Wildman–Crippen LogP) is 5.78. The first-order valence-electron chi connectivity index (χ1n) is 22.3. The zero-order valence-corrected chi connectivity index (χ0v) is 38.3. The number of cyclic esters (lactones) is 1. The highest BCUT2D eigenvalue weighted by Crippen LogP contribution is 2.43. The molecule has 4 aliphatic rings. The number of nitrogens with zero attached hydrogens (tertiary/aromatic N) is 6. The van der Waals surface area contributed by atoms with E-state index in [-0.39, 0.29) is 42.8 Å². The summed E-state index contributed by atoms with van der Waals surface area (Å²) in [6.07, 6.45) is 4.85. The molecule has 2 unspecified atom stereocenters. The van der Waals surface area contributed by atoms with E-state index >= 15 is 0 Å². The molecule has 62 heavy (non-hydrogen) atoms. The van der Waals surface area contributed by atoms with Crippen molar-refractivity contribution in [2.24, 2.45) is 16.7 Å². The summed E-state index contributed by atoms with van der Waals surface area (Å²) in [7, 11) is 3.73. The van der Waals surface area contributed by atoms with Crippen molar-refractivity contribution >= 4 is 45.9 Å². The van der Waals surface area contributed by atoms with Gasteiger partial charge < -0.3 is 29.2 Å². The molecule has 6 bridgehead atoms. The maximum absolute atomic E-state index is 14.6. The quantitative estimate of drug-likeness (QED) is 0.209. The molecule has 0 radical (unpaired) electrons. The molecule has 0 aliphatic carbocycles. The Bertz CT molecular complexity index is 2360. The second kappa shape index (κ2) is 17.5. The number of pyridine rings is 1. The standard InChI is InChI=1S/C47H62N8O6S/c1-9-53-37-15-14-30-22-32(37)33(41(53)31-12-10-18-48-39(31)29(4)60-8)24-46(5,6)27-61-44(58)34-13-11-19-55(51-34)43(57)35(23-38-49-36(30)25-62-38)50-42(56)40(28(2)3)54-21-17-47(45(54)59)16-20-52(7)26-47/h10,12,14-15,18,22,25,28-29,34-35,40,51H,9,11,13,16-17,19-21,23-24,26-27H2,1-8H3,(H,50,56)/t29-,34-,35-,40?,47?/m0/s1. The minimum Gasteiger partial charge on any atom is -0.464 e. The molecule has 15 heteroatoms. The van der Waals surface area contributed by atoms with Crippen molar-refractivity contribution in [3.05, 3.63) is 58.2 Å². The number of hydrogen-bond donors (Lipinski definition) is 2. The summed E-state index contributed by atoms with van der Waals surface area (Å²) in [5.41, 5.74) is 9.00. The fourth-order valence-electron chi connectivity index (χ4n) is 10.2. The summed E-state index contributed by atoms with van der Waals surface area (Å²) in [4.78, 5) is 70.9. The van der Waals surface area contributed by atoms with Gasteiger partial charge in [0.2, 0.25) is 11.8 Å². The fourth-order valence-corrected chi connectivity index (χ4v) is 11.0. The fraction of sp³-hybridized carbons (Fsp3) is 0.574. The Labute approximate surface area is 368 Å². The Morgan fingerprint density at radius 2 is 1.90 bits per heavy atom. The van der Waals surface area contributed by atoms with Gasteiger partial charge in [-0.15, -0.1) is 11.3 Å². The van der Waals surface area contributed by atoms with Crippen molar-refractivity contribution in [3.63, 3.8) is 0 Å². The summed E-state index contributed by atoms with van der Waals surface area (Å²) >= 11 is 1.45. The molecule has 8 rings (SSSR count). The lowest BCUT2D eigenvalue weighted by Gasteiger charge is -2.36. The average molecular weight is 867 g/mol. The lowest BCUT2D eigenvalue weighted by molar-refractivity contribution is -0.155. The second-order valence-corrected chi connectivity index (χ2v) is 19.9. The number of thiazole rings is 1. The zero-order valence-electron chi connectivity index (χ0n) is 37.5. The number of carbonyl (C=O) groups is 4. The van der Waals surface area contributed by atoms with Gasteiger partial charge in [0.05, 0.1) is 40.2 Å². The van der Waals surface area contributed by atoms with Crippen LogP contribution >= 0.6 is 11.3 Å². The van der Waals surface area contributed by atoms with Gasteiger partial charge in [-0.2, -0.15) is 0 Å². The van der Waals surface area contributed by atoms with Gasteiger partial charge in [-0.1, -0.05) is 33.8 Å². The van der Waals surface area contributed by atoms with E-state index in [0.29, 0.717) is 56.9 Å². The van der Waals surface area contributed by atoms with Gasteiger partial charge >= 0.3 is 5.97 Å². The number of aryl methyl sites for hydroxylation is 1. The number of nitrogens with one attached hydrogen (secondary N) is 2. The Hall–Kier alpha value is -4.70. The smallest absolute Gasteiger partial charge is 0.324 e. The molecular formula is C47H62N8O6S. The largest absolute Gasteiger partial charge is 0.464 e. The zero-order chi connectivity index (χ0) is 44.1. The van der Waals surface area contributed by atoms with E-state index in [1.807, 2.05) is 39.3 Å². The summed E-state index contributed by atoms with van der Waals surface area (Å²) in [6.45, 7) is 15.5. The van der Waals surface area contributed by atoms with E-state index in [1.165, 1.54) is 16.3 Å². The van der Waals surface area contributed by atoms with E-state index in [9.17, 15) is 19.2 Å². The SMILES string of the molecule is CCn1c(-c2cccnc2[C@H](C)OC)c2c3cc(ccc31)-c1csc(n1)C[C@H](NC(=O)C(C(C)C)N1CCC3(CCN(C)C3)C1=O)C(=O)N1CCC[C@H](N1)C(=O)OCC(C)(C)C2. The lowest BCUT2D eigenvalue weighted by Crippen LogP contribution is -2.62. The molecule has 1 aromatic carbocycles. The van der Waals surface area contributed by atoms with Crippen molar-refractivity contribution in [1.29, 1.82) is 0 Å². The molecule has 3 amide bonds. The van der Waals surface area contributed by atoms with E-state index in [1.54, 1.807) is 18.2 Å². The molecule has 3 fully saturated rings. The van der Waals surface area contributed by atoms with Gasteiger partial charge in [-0.25, -0.2) is 10.4 Å². The Morgan fingerprint density at radius 1 is 1.11 bits per heavy atom. The van der Waals surface area contributed by atoms with Crippen LogP contribution in [-0.4, -0.2) is 118 Å². The van der Waals surface area contributed by atoms with Crippen LogP contribution in [0.15, 0.2) is 41.9 Å². The highest BCUT2D eigenvalue weighted by Gasteiger charge is 2.53. The summed E-state index contributed by atoms with van der Waals surface area (Å²) in [5.74, 6) is -1.33. The molecule has 4 aliphatic heterocycles. The number of hydrazine groups is 1. The maximum atomic E-state index is 14.6. The first-order chi connectivity index (χ1) is 29.6. The molecule has 14 nitrogen and oxygen atoms in total. The summed E-state index contributed by atoms with van der Waals surface area (Å²) in [6, 6.07) is 7.99. The van der Waals surface area contributed by atoms with Crippen LogP contribution < -0.4 is 10.7 Å². The Balaban J connectivity index is 1.19. The third kappa shape index (κ3) is 8.28. The van der Waals surface area contributed by atoms with Gasteiger partial charge in [0.15, 0.2) is 0 Å². The number of esters is 1. The van der Waals surface area contributed by atoms with Gasteiger partial charge in [-0.05, 0) is 95.3 Å². The molecule has 2 N–H and O–H groups in total. The van der Waals surface area contributed by atoms with Crippen molar-refractivity contribution in [2.75, 3.05) is 46.9 Å². The van der Waals surface area contributed by atoms with Crippen molar-refractivity contribution in [3.8, 4) is 22.5 Å². The molecule has 0 saturated carbocycles. The molecule has 3 aromatic heterocycles. The van der Waals surface area contributed by atoms with Crippen molar-refractivity contribution in [1.82, 2.24) is 40.1 Å². The topological polar surface area (TPSA) is 151 Å². The number of hydrogen-bond acceptors (Lipinski definition) is 11. The van der Waals surface area contributed by atoms with Gasteiger partial charge in [0.1, 0.15) is 18.1 Å². The second-order valence-electron chi connectivity index (χ2n) is 19.0. The van der Waals surface area contributed by atoms with E-state index < -0.39 is 34.9 Å². The van der Waals surface area contributed by atoms with Gasteiger partial charge in [0, 0.05) is 78.7 Å². The third-order valence-corrected chi connectivity index (χ3v) is 14.4. The number of carbonyl (C=O) groups excluding carboxylic acids is 4. The molecule has 5 atom stereocenters. The molecule has 3 saturated heterocycles. The summed E-state index contributed by atoms with van der Waals surface area (Å²) in [5, 5.41) is 8.33. The molecular weight excluding hydrogens is 805 g/mol. The molecule has 7 heterocycles. The van der Waals surface area contributed by atoms with Crippen LogP contribution in [-0.2, 0) is 48.0 Å². The van der Waals surface area contributed by atoms with Crippen LogP contribution in [0.2, 0.25) is 0 Å². The van der Waals surface area contributed by atoms with Crippen LogP contribution in [0.3, 0.4) is 0 Å². The first-order valence-corrected chi connectivity index (χ1v) is 23.1. The van der Waals surface area contributed by atoms with E-state index in [4.69, 9.17) is 19.4 Å². The number of aromatic nitrogens is 3. The predicted molar refractivity (Wildman–Crippen MR) is 239 cm³/mol. The van der Waals surface area contributed by atoms with Crippen LogP contribution in [0.5, 0.6) is 0 Å². The number of likely N-dealkylation sites (tertiary alicyclic amines) is 2. The number of amides is 3. The number of ether oxygens (including phenoxy) is 2. The number of methoxy groups -OCH3 is 1. The Morgan fingerprint density at radius 3 is 2.63 bits per heavy atom. The highest BCUT2D eigenvalue weighted by molar-refractivity contribution is 7.10. The molecule has 4 aromatic rings. The molecule has 1 spiro atoms. The molecule has 332 valence electrons. The number of rotatable bonds is 8. The summed E-state index contributed by atoms with van der Waals surface area (Å²) < 4.78 is 14.3. The van der Waals surface area contributed by atoms with E-state index in [0.717, 1.165) is 57.6 Å². The van der Waals surface area contributed by atoms with Gasteiger partial charge in [-0.3, -0.25) is 29.2 Å². The normalized spacial score (nSPS) is 24.5. The maximum Gasteiger partial charge on any atom is 0.324 e. The minimum absolute atomic E-state index is 0.0190. The average Bonchev–Trinajstić information content (AvgIpc) is 4.04. The van der Waals surface area contributed by atoms with Crippen molar-refractivity contribution < 1.29 is 28.7 Å². The highest BCUT2D eigenvalue weighted by atomic mass is 32.1. The van der Waals surface area contributed by atoms with Crippen molar-refractivity contribution in [2.45, 2.75) is 111 Å². The van der Waals surface area contributed by atoms with E-state index in [2.05, 4.69) is 65.2 Å². The number of benzene rings is 1.